The minimum Gasteiger partial charge on any atom is -0.462 e. The first kappa shape index (κ1) is 24.3. The van der Waals surface area contributed by atoms with Crippen LogP contribution in [-0.4, -0.2) is 23.1 Å². The van der Waals surface area contributed by atoms with Gasteiger partial charge >= 0.3 is 5.97 Å². The fourth-order valence-corrected chi connectivity index (χ4v) is 4.71. The summed E-state index contributed by atoms with van der Waals surface area (Å²) >= 11 is 0. The predicted molar refractivity (Wildman–Crippen MR) is 141 cm³/mol. The van der Waals surface area contributed by atoms with Crippen LogP contribution >= 0.6 is 0 Å². The van der Waals surface area contributed by atoms with Crippen molar-refractivity contribution in [2.75, 3.05) is 11.5 Å². The molecule has 0 saturated carbocycles. The van der Waals surface area contributed by atoms with Gasteiger partial charge in [-0.25, -0.2) is 4.79 Å². The highest BCUT2D eigenvalue weighted by molar-refractivity contribution is 6.23. The van der Waals surface area contributed by atoms with Crippen molar-refractivity contribution in [1.82, 2.24) is 4.57 Å². The number of esters is 1. The molecule has 0 fully saturated rings. The first-order chi connectivity index (χ1) is 16.6. The Labute approximate surface area is 207 Å². The molecule has 3 aromatic rings. The van der Waals surface area contributed by atoms with Crippen molar-refractivity contribution in [3.8, 4) is 5.69 Å². The molecule has 0 bridgehead atoms. The Morgan fingerprint density at radius 3 is 2.31 bits per heavy atom. The monoisotopic (exact) mass is 468 g/mol. The Bertz CT molecular complexity index is 1400. The Balaban J connectivity index is 1.86. The fraction of sp³-hybridized carbons (Fsp3) is 0.267. The summed E-state index contributed by atoms with van der Waals surface area (Å²) in [7, 11) is 0. The number of benzene rings is 2. The molecule has 180 valence electrons. The lowest BCUT2D eigenvalue weighted by molar-refractivity contribution is -0.138. The molecule has 1 aromatic heterocycles. The summed E-state index contributed by atoms with van der Waals surface area (Å²) in [5.74, 6) is -0.711. The van der Waals surface area contributed by atoms with Crippen LogP contribution in [0.3, 0.4) is 0 Å². The third kappa shape index (κ3) is 4.34. The van der Waals surface area contributed by atoms with Gasteiger partial charge in [0.1, 0.15) is 0 Å². The first-order valence-corrected chi connectivity index (χ1v) is 11.9. The molecule has 1 amide bonds. The number of allylic oxidation sites excluding steroid dienone is 1. The van der Waals surface area contributed by atoms with Crippen LogP contribution in [-0.2, 0) is 14.3 Å². The van der Waals surface area contributed by atoms with Gasteiger partial charge in [-0.05, 0) is 107 Å². The molecule has 5 nitrogen and oxygen atoms in total. The number of carbonyl (C=O) groups excluding carboxylic acids is 2. The smallest absolute Gasteiger partial charge is 0.340 e. The first-order valence-electron chi connectivity index (χ1n) is 11.9. The Kier molecular flexibility index (Phi) is 6.53. The van der Waals surface area contributed by atoms with Gasteiger partial charge in [-0.1, -0.05) is 18.2 Å². The molecule has 0 atom stereocenters. The third-order valence-corrected chi connectivity index (χ3v) is 6.66. The second kappa shape index (κ2) is 9.41. The van der Waals surface area contributed by atoms with Crippen LogP contribution in [0.5, 0.6) is 0 Å². The fourth-order valence-electron chi connectivity index (χ4n) is 4.71. The molecule has 0 saturated heterocycles. The summed E-state index contributed by atoms with van der Waals surface area (Å²) in [4.78, 5) is 28.4. The number of carbonyl (C=O) groups is 2. The van der Waals surface area contributed by atoms with Crippen LogP contribution in [0.4, 0.5) is 5.69 Å². The van der Waals surface area contributed by atoms with Crippen LogP contribution < -0.4 is 4.90 Å². The van der Waals surface area contributed by atoms with Gasteiger partial charge in [-0.15, -0.1) is 0 Å². The molecule has 0 radical (unpaired) electrons. The van der Waals surface area contributed by atoms with Crippen LogP contribution in [0.25, 0.3) is 11.8 Å². The highest BCUT2D eigenvalue weighted by Gasteiger charge is 2.38. The van der Waals surface area contributed by atoms with E-state index >= 15 is 0 Å². The molecule has 2 aromatic carbocycles. The number of anilines is 1. The van der Waals surface area contributed by atoms with Crippen molar-refractivity contribution in [1.29, 1.82) is 0 Å². The third-order valence-electron chi connectivity index (χ3n) is 6.66. The van der Waals surface area contributed by atoms with E-state index in [1.165, 1.54) is 5.56 Å². The molecule has 1 aliphatic heterocycles. The van der Waals surface area contributed by atoms with Gasteiger partial charge in [0.25, 0.3) is 5.91 Å². The zero-order chi connectivity index (χ0) is 25.4. The van der Waals surface area contributed by atoms with E-state index < -0.39 is 5.97 Å². The van der Waals surface area contributed by atoms with Crippen molar-refractivity contribution >= 4 is 23.6 Å². The molecule has 1 aliphatic rings. The number of aryl methyl sites for hydroxylation is 4. The van der Waals surface area contributed by atoms with E-state index in [0.717, 1.165) is 39.5 Å². The Morgan fingerprint density at radius 2 is 1.66 bits per heavy atom. The van der Waals surface area contributed by atoms with E-state index in [1.807, 2.05) is 58.0 Å². The predicted octanol–water partition coefficient (Wildman–Crippen LogP) is 6.29. The number of hydrogen-bond acceptors (Lipinski definition) is 3. The van der Waals surface area contributed by atoms with Crippen molar-refractivity contribution < 1.29 is 14.3 Å². The second-order valence-corrected chi connectivity index (χ2v) is 9.15. The molecule has 0 spiro atoms. The maximum atomic E-state index is 13.8. The second-order valence-electron chi connectivity index (χ2n) is 9.15. The van der Waals surface area contributed by atoms with Crippen LogP contribution in [0, 0.1) is 34.6 Å². The average molecular weight is 469 g/mol. The standard InChI is InChI=1S/C30H32N2O3/c1-8-35-30(34)28-23(7)32(26-13-12-19(3)20(4)15-26)29(33)27(28)17-24-16-21(5)31(22(24)6)25-11-9-10-18(2)14-25/h9-17H,8H2,1-7H3. The maximum Gasteiger partial charge on any atom is 0.340 e. The van der Waals surface area contributed by atoms with E-state index in [-0.39, 0.29) is 12.5 Å². The summed E-state index contributed by atoms with van der Waals surface area (Å²) in [6.07, 6.45) is 1.83. The minimum absolute atomic E-state index is 0.228. The molecule has 35 heavy (non-hydrogen) atoms. The molecule has 0 unspecified atom stereocenters. The molecule has 0 N–H and O–H groups in total. The summed E-state index contributed by atoms with van der Waals surface area (Å²) in [6.45, 7) is 14.0. The number of rotatable bonds is 5. The van der Waals surface area contributed by atoms with E-state index in [1.54, 1.807) is 18.7 Å². The van der Waals surface area contributed by atoms with Gasteiger partial charge in [0, 0.05) is 28.5 Å². The largest absolute Gasteiger partial charge is 0.462 e. The number of nitrogens with zero attached hydrogens (tertiary/aromatic N) is 2. The van der Waals surface area contributed by atoms with Gasteiger partial charge < -0.3 is 9.30 Å². The normalized spacial score (nSPS) is 14.9. The van der Waals surface area contributed by atoms with Crippen molar-refractivity contribution in [3.05, 3.63) is 99.0 Å². The Morgan fingerprint density at radius 1 is 0.914 bits per heavy atom. The maximum absolute atomic E-state index is 13.8. The lowest BCUT2D eigenvalue weighted by Crippen LogP contribution is -2.24. The summed E-state index contributed by atoms with van der Waals surface area (Å²) < 4.78 is 7.53. The van der Waals surface area contributed by atoms with Crippen molar-refractivity contribution in [3.63, 3.8) is 0 Å². The Hall–Kier alpha value is -3.86. The number of hydrogen-bond donors (Lipinski definition) is 0. The quantitative estimate of drug-likeness (QED) is 0.327. The van der Waals surface area contributed by atoms with E-state index in [0.29, 0.717) is 16.8 Å². The SMILES string of the molecule is CCOC(=O)C1=C(C)N(c2ccc(C)c(C)c2)C(=O)C1=Cc1cc(C)n(-c2cccc(C)c2)c1C. The zero-order valence-corrected chi connectivity index (χ0v) is 21.5. The van der Waals surface area contributed by atoms with Gasteiger partial charge in [0.05, 0.1) is 17.8 Å². The summed E-state index contributed by atoms with van der Waals surface area (Å²) in [5.41, 5.74) is 9.40. The van der Waals surface area contributed by atoms with E-state index in [2.05, 4.69) is 35.8 Å². The van der Waals surface area contributed by atoms with Gasteiger partial charge in [0.2, 0.25) is 0 Å². The van der Waals surface area contributed by atoms with Gasteiger partial charge in [-0.2, -0.15) is 0 Å². The van der Waals surface area contributed by atoms with E-state index in [4.69, 9.17) is 4.74 Å². The van der Waals surface area contributed by atoms with Crippen molar-refractivity contribution in [2.24, 2.45) is 0 Å². The number of amides is 1. The molecule has 2 heterocycles. The van der Waals surface area contributed by atoms with E-state index in [9.17, 15) is 9.59 Å². The molecule has 4 rings (SSSR count). The highest BCUT2D eigenvalue weighted by atomic mass is 16.5. The summed E-state index contributed by atoms with van der Waals surface area (Å²) in [5, 5.41) is 0. The van der Waals surface area contributed by atoms with Crippen LogP contribution in [0.15, 0.2) is 65.4 Å². The molecular formula is C30H32N2O3. The topological polar surface area (TPSA) is 51.5 Å². The van der Waals surface area contributed by atoms with Gasteiger partial charge in [0.15, 0.2) is 0 Å². The summed E-state index contributed by atoms with van der Waals surface area (Å²) in [6, 6.07) is 16.2. The number of ether oxygens (including phenoxy) is 1. The molecule has 0 aliphatic carbocycles. The minimum atomic E-state index is -0.483. The van der Waals surface area contributed by atoms with Crippen LogP contribution in [0.2, 0.25) is 0 Å². The molecular weight excluding hydrogens is 436 g/mol. The molecule has 5 heteroatoms. The number of aromatic nitrogens is 1. The highest BCUT2D eigenvalue weighted by Crippen LogP contribution is 2.37. The van der Waals surface area contributed by atoms with Crippen LogP contribution in [0.1, 0.15) is 47.5 Å². The lowest BCUT2D eigenvalue weighted by atomic mass is 10.0. The lowest BCUT2D eigenvalue weighted by Gasteiger charge is -2.19. The van der Waals surface area contributed by atoms with Gasteiger partial charge in [-0.3, -0.25) is 9.69 Å². The van der Waals surface area contributed by atoms with Crippen molar-refractivity contribution in [2.45, 2.75) is 48.5 Å². The zero-order valence-electron chi connectivity index (χ0n) is 21.5. The average Bonchev–Trinajstić information content (AvgIpc) is 3.22.